The van der Waals surface area contributed by atoms with Gasteiger partial charge in [0.05, 0.1) is 10.9 Å². The van der Waals surface area contributed by atoms with Crippen LogP contribution < -0.4 is 4.31 Å². The fourth-order valence-electron chi connectivity index (χ4n) is 3.95. The number of carbonyl (C=O) groups excluding carboxylic acids is 1. The summed E-state index contributed by atoms with van der Waals surface area (Å²) in [6.07, 6.45) is 1.99. The Labute approximate surface area is 159 Å². The van der Waals surface area contributed by atoms with Crippen LogP contribution in [0.25, 0.3) is 0 Å². The first kappa shape index (κ1) is 18.0. The molecule has 0 radical (unpaired) electrons. The van der Waals surface area contributed by atoms with Gasteiger partial charge in [-0.05, 0) is 43.9 Å². The van der Waals surface area contributed by atoms with Gasteiger partial charge in [0.15, 0.2) is 5.69 Å². The van der Waals surface area contributed by atoms with Gasteiger partial charge in [0.2, 0.25) is 10.0 Å². The van der Waals surface area contributed by atoms with Gasteiger partial charge in [-0.2, -0.15) is 5.10 Å². The van der Waals surface area contributed by atoms with Crippen LogP contribution in [0.1, 0.15) is 34.6 Å². The number of rotatable bonds is 3. The van der Waals surface area contributed by atoms with Gasteiger partial charge in [-0.15, -0.1) is 0 Å². The molecule has 7 nitrogen and oxygen atoms in total. The Kier molecular flexibility index (Phi) is 4.46. The molecular formula is C19H24N4O3S. The van der Waals surface area contributed by atoms with Gasteiger partial charge >= 0.3 is 0 Å². The van der Waals surface area contributed by atoms with E-state index in [4.69, 9.17) is 0 Å². The molecule has 1 atom stereocenters. The minimum absolute atomic E-state index is 0.194. The van der Waals surface area contributed by atoms with Crippen LogP contribution >= 0.6 is 0 Å². The van der Waals surface area contributed by atoms with Crippen LogP contribution in [-0.2, 0) is 23.5 Å². The topological polar surface area (TPSA) is 75.5 Å². The summed E-state index contributed by atoms with van der Waals surface area (Å²) in [6, 6.07) is 9.39. The average molecular weight is 388 g/mol. The van der Waals surface area contributed by atoms with Crippen molar-refractivity contribution < 1.29 is 13.2 Å². The summed E-state index contributed by atoms with van der Waals surface area (Å²) in [7, 11) is -1.72. The van der Waals surface area contributed by atoms with Crippen molar-refractivity contribution in [1.29, 1.82) is 0 Å². The standard InChI is InChI=1S/C19H24N4O3S/c1-14-12-17(20-21(14)2)19(24)22-10-5-7-16(13-22)27(25,26)23-11-9-15-6-3-4-8-18(15)23/h3-4,6,8,12,16H,5,7,9-11,13H2,1-2H3. The molecule has 144 valence electrons. The molecule has 1 unspecified atom stereocenters. The van der Waals surface area contributed by atoms with Gasteiger partial charge < -0.3 is 4.90 Å². The van der Waals surface area contributed by atoms with E-state index in [1.54, 1.807) is 22.7 Å². The lowest BCUT2D eigenvalue weighted by atomic mass is 10.1. The number of aryl methyl sites for hydroxylation is 2. The van der Waals surface area contributed by atoms with E-state index in [0.717, 1.165) is 23.4 Å². The summed E-state index contributed by atoms with van der Waals surface area (Å²) in [5, 5.41) is 3.67. The van der Waals surface area contributed by atoms with Crippen molar-refractivity contribution in [3.8, 4) is 0 Å². The Morgan fingerprint density at radius 2 is 2.00 bits per heavy atom. The van der Waals surface area contributed by atoms with Crippen LogP contribution in [0.3, 0.4) is 0 Å². The van der Waals surface area contributed by atoms with Crippen LogP contribution in [0, 0.1) is 6.92 Å². The minimum atomic E-state index is -3.51. The van der Waals surface area contributed by atoms with Crippen LogP contribution in [0.5, 0.6) is 0 Å². The van der Waals surface area contributed by atoms with Gasteiger partial charge in [0.25, 0.3) is 5.91 Å². The van der Waals surface area contributed by atoms with E-state index in [0.29, 0.717) is 31.6 Å². The summed E-state index contributed by atoms with van der Waals surface area (Å²) in [6.45, 7) is 3.15. The summed E-state index contributed by atoms with van der Waals surface area (Å²) < 4.78 is 29.8. The highest BCUT2D eigenvalue weighted by Crippen LogP contribution is 2.33. The van der Waals surface area contributed by atoms with E-state index in [9.17, 15) is 13.2 Å². The predicted molar refractivity (Wildman–Crippen MR) is 103 cm³/mol. The van der Waals surface area contributed by atoms with E-state index in [-0.39, 0.29) is 12.5 Å². The number of para-hydroxylation sites is 1. The Balaban J connectivity index is 1.55. The number of benzene rings is 1. The van der Waals surface area contributed by atoms with Gasteiger partial charge in [-0.1, -0.05) is 18.2 Å². The van der Waals surface area contributed by atoms with E-state index in [1.807, 2.05) is 31.2 Å². The molecule has 8 heteroatoms. The van der Waals surface area contributed by atoms with E-state index in [2.05, 4.69) is 5.10 Å². The highest BCUT2D eigenvalue weighted by Gasteiger charge is 2.39. The summed E-state index contributed by atoms with van der Waals surface area (Å²) >= 11 is 0. The third-order valence-corrected chi connectivity index (χ3v) is 7.79. The number of fused-ring (bicyclic) bond motifs is 1. The van der Waals surface area contributed by atoms with E-state index < -0.39 is 15.3 Å². The molecule has 2 aliphatic heterocycles. The van der Waals surface area contributed by atoms with Crippen molar-refractivity contribution in [1.82, 2.24) is 14.7 Å². The molecule has 0 spiro atoms. The zero-order valence-electron chi connectivity index (χ0n) is 15.6. The van der Waals surface area contributed by atoms with Crippen molar-refractivity contribution >= 4 is 21.6 Å². The SMILES string of the molecule is Cc1cc(C(=O)N2CCCC(S(=O)(=O)N3CCc4ccccc43)C2)nn1C. The molecule has 0 bridgehead atoms. The average Bonchev–Trinajstić information content (AvgIpc) is 3.25. The molecule has 1 aromatic heterocycles. The maximum absolute atomic E-state index is 13.3. The van der Waals surface area contributed by atoms with E-state index >= 15 is 0 Å². The molecule has 1 aromatic carbocycles. The second-order valence-electron chi connectivity index (χ2n) is 7.31. The number of likely N-dealkylation sites (tertiary alicyclic amines) is 1. The summed E-state index contributed by atoms with van der Waals surface area (Å²) in [5.74, 6) is -0.194. The van der Waals surface area contributed by atoms with Crippen molar-refractivity contribution in [3.63, 3.8) is 0 Å². The number of sulfonamides is 1. The third-order valence-electron chi connectivity index (χ3n) is 5.57. The lowest BCUT2D eigenvalue weighted by molar-refractivity contribution is 0.0720. The highest BCUT2D eigenvalue weighted by atomic mass is 32.2. The highest BCUT2D eigenvalue weighted by molar-refractivity contribution is 7.93. The molecule has 0 aliphatic carbocycles. The molecule has 3 heterocycles. The molecule has 0 N–H and O–H groups in total. The normalized spacial score (nSPS) is 20.0. The zero-order chi connectivity index (χ0) is 19.2. The molecular weight excluding hydrogens is 364 g/mol. The first-order valence-electron chi connectivity index (χ1n) is 9.27. The fourth-order valence-corrected chi connectivity index (χ4v) is 5.94. The summed E-state index contributed by atoms with van der Waals surface area (Å²) in [5.41, 5.74) is 3.11. The summed E-state index contributed by atoms with van der Waals surface area (Å²) in [4.78, 5) is 14.4. The number of aromatic nitrogens is 2. The lowest BCUT2D eigenvalue weighted by Crippen LogP contribution is -2.49. The molecule has 1 amide bonds. The molecule has 0 saturated carbocycles. The first-order valence-corrected chi connectivity index (χ1v) is 10.8. The largest absolute Gasteiger partial charge is 0.336 e. The number of piperidine rings is 1. The van der Waals surface area contributed by atoms with Crippen molar-refractivity contribution in [3.05, 3.63) is 47.3 Å². The number of hydrogen-bond acceptors (Lipinski definition) is 4. The van der Waals surface area contributed by atoms with Crippen molar-refractivity contribution in [2.24, 2.45) is 7.05 Å². The maximum atomic E-state index is 13.3. The number of anilines is 1. The van der Waals surface area contributed by atoms with Gasteiger partial charge in [0, 0.05) is 32.4 Å². The Morgan fingerprint density at radius 3 is 2.74 bits per heavy atom. The monoisotopic (exact) mass is 388 g/mol. The Morgan fingerprint density at radius 1 is 1.22 bits per heavy atom. The van der Waals surface area contributed by atoms with Crippen LogP contribution in [0.15, 0.2) is 30.3 Å². The second-order valence-corrected chi connectivity index (χ2v) is 9.44. The Bertz CT molecular complexity index is 963. The quantitative estimate of drug-likeness (QED) is 0.802. The first-order chi connectivity index (χ1) is 12.9. The smallest absolute Gasteiger partial charge is 0.274 e. The second kappa shape index (κ2) is 6.67. The zero-order valence-corrected chi connectivity index (χ0v) is 16.4. The lowest BCUT2D eigenvalue weighted by Gasteiger charge is -2.34. The van der Waals surface area contributed by atoms with Crippen molar-refractivity contribution in [2.45, 2.75) is 31.4 Å². The van der Waals surface area contributed by atoms with E-state index in [1.165, 1.54) is 4.31 Å². The number of hydrogen-bond donors (Lipinski definition) is 0. The molecule has 2 aromatic rings. The third kappa shape index (κ3) is 3.12. The molecule has 1 fully saturated rings. The van der Waals surface area contributed by atoms with Crippen LogP contribution in [0.4, 0.5) is 5.69 Å². The number of amides is 1. The number of nitrogens with zero attached hydrogens (tertiary/aromatic N) is 4. The molecule has 2 aliphatic rings. The number of carbonyl (C=O) groups is 1. The van der Waals surface area contributed by atoms with Gasteiger partial charge in [-0.3, -0.25) is 13.8 Å². The predicted octanol–water partition coefficient (Wildman–Crippen LogP) is 1.73. The Hall–Kier alpha value is -2.35. The minimum Gasteiger partial charge on any atom is -0.336 e. The van der Waals surface area contributed by atoms with Crippen LogP contribution in [-0.4, -0.2) is 53.9 Å². The molecule has 1 saturated heterocycles. The molecule has 27 heavy (non-hydrogen) atoms. The van der Waals surface area contributed by atoms with Crippen LogP contribution in [0.2, 0.25) is 0 Å². The van der Waals surface area contributed by atoms with Gasteiger partial charge in [0.1, 0.15) is 0 Å². The van der Waals surface area contributed by atoms with Crippen molar-refractivity contribution in [2.75, 3.05) is 23.9 Å². The van der Waals surface area contributed by atoms with Gasteiger partial charge in [-0.25, -0.2) is 8.42 Å². The maximum Gasteiger partial charge on any atom is 0.274 e. The fraction of sp³-hybridized carbons (Fsp3) is 0.474. The molecule has 4 rings (SSSR count).